The molecule has 2 N–H and O–H groups in total. The van der Waals surface area contributed by atoms with Crippen molar-refractivity contribution in [2.45, 2.75) is 25.1 Å². The molecule has 12 heteroatoms. The first-order chi connectivity index (χ1) is 16.1. The Balaban J connectivity index is 1.61. The average Bonchev–Trinajstić information content (AvgIpc) is 2.72. The minimum absolute atomic E-state index is 0.0251. The molecule has 0 radical (unpaired) electrons. The summed E-state index contributed by atoms with van der Waals surface area (Å²) in [5.41, 5.74) is -2.61. The van der Waals surface area contributed by atoms with E-state index in [0.717, 1.165) is 6.07 Å². The summed E-state index contributed by atoms with van der Waals surface area (Å²) in [5.74, 6) is -0.797. The van der Waals surface area contributed by atoms with Crippen molar-refractivity contribution in [1.82, 2.24) is 9.97 Å². The molecule has 34 heavy (non-hydrogen) atoms. The highest BCUT2D eigenvalue weighted by Gasteiger charge is 2.62. The molecular formula is C22H17ClF4N4O3. The number of para-hydroxylation sites is 1. The highest BCUT2D eigenvalue weighted by Crippen LogP contribution is 2.53. The predicted molar refractivity (Wildman–Crippen MR) is 116 cm³/mol. The first-order valence-electron chi connectivity index (χ1n) is 9.94. The molecule has 7 nitrogen and oxygen atoms in total. The normalized spacial score (nSPS) is 17.6. The number of carbonyl (C=O) groups is 1. The van der Waals surface area contributed by atoms with Gasteiger partial charge in [-0.25, -0.2) is 14.2 Å². The molecule has 0 aliphatic carbocycles. The molecule has 4 rings (SSSR count). The number of rotatable bonds is 5. The summed E-state index contributed by atoms with van der Waals surface area (Å²) in [6.07, 6.45) is -3.69. The molecule has 2 heterocycles. The fraction of sp³-hybridized carbons (Fsp3) is 0.227. The van der Waals surface area contributed by atoms with Crippen molar-refractivity contribution in [1.29, 1.82) is 0 Å². The molecule has 178 valence electrons. The van der Waals surface area contributed by atoms with Crippen LogP contribution in [-0.2, 0) is 10.3 Å². The number of aromatic nitrogens is 2. The molecular weight excluding hydrogens is 480 g/mol. The lowest BCUT2D eigenvalue weighted by Gasteiger charge is -2.43. The van der Waals surface area contributed by atoms with E-state index in [1.165, 1.54) is 42.6 Å². The molecule has 2 aromatic carbocycles. The van der Waals surface area contributed by atoms with E-state index in [0.29, 0.717) is 0 Å². The molecule has 3 aromatic rings. The van der Waals surface area contributed by atoms with E-state index in [4.69, 9.17) is 21.1 Å². The number of hydrogen-bond acceptors (Lipinski definition) is 5. The Hall–Kier alpha value is -3.44. The number of nitrogens with zero attached hydrogens (tertiary/aromatic N) is 2. The number of amides is 2. The highest BCUT2D eigenvalue weighted by atomic mass is 35.5. The van der Waals surface area contributed by atoms with Gasteiger partial charge in [0.15, 0.2) is 5.60 Å². The largest absolute Gasteiger partial charge is 0.437 e. The van der Waals surface area contributed by atoms with Gasteiger partial charge in [-0.05, 0) is 31.2 Å². The van der Waals surface area contributed by atoms with E-state index in [9.17, 15) is 22.4 Å². The van der Waals surface area contributed by atoms with Gasteiger partial charge < -0.3 is 20.1 Å². The molecule has 0 saturated carbocycles. The lowest BCUT2D eigenvalue weighted by Crippen LogP contribution is -2.52. The summed E-state index contributed by atoms with van der Waals surface area (Å²) < 4.78 is 65.8. The van der Waals surface area contributed by atoms with E-state index in [2.05, 4.69) is 20.6 Å². The minimum Gasteiger partial charge on any atom is -0.437 e. The molecule has 1 atom stereocenters. The third-order valence-electron chi connectivity index (χ3n) is 5.09. The molecule has 1 fully saturated rings. The van der Waals surface area contributed by atoms with Gasteiger partial charge in [-0.2, -0.15) is 18.2 Å². The second-order valence-electron chi connectivity index (χ2n) is 7.37. The third kappa shape index (κ3) is 4.62. The van der Waals surface area contributed by atoms with Gasteiger partial charge in [0.2, 0.25) is 5.88 Å². The van der Waals surface area contributed by atoms with E-state index in [-0.39, 0.29) is 52.4 Å². The number of carbonyl (C=O) groups excluding carboxylic acids is 1. The zero-order chi connectivity index (χ0) is 24.5. The fourth-order valence-electron chi connectivity index (χ4n) is 3.36. The summed E-state index contributed by atoms with van der Waals surface area (Å²) in [6.45, 7) is 1.50. The second-order valence-corrected chi connectivity index (χ2v) is 7.77. The maximum absolute atomic E-state index is 13.8. The molecule has 1 aliphatic heterocycles. The smallest absolute Gasteiger partial charge is 0.421 e. The van der Waals surface area contributed by atoms with Gasteiger partial charge in [-0.1, -0.05) is 29.8 Å². The van der Waals surface area contributed by atoms with Crippen LogP contribution in [0.25, 0.3) is 0 Å². The molecule has 1 aromatic heterocycles. The summed E-state index contributed by atoms with van der Waals surface area (Å²) in [5, 5.41) is 4.75. The average molecular weight is 497 g/mol. The van der Waals surface area contributed by atoms with Crippen LogP contribution in [0.5, 0.6) is 11.6 Å². The number of halogens is 5. The van der Waals surface area contributed by atoms with Crippen LogP contribution >= 0.6 is 11.6 Å². The van der Waals surface area contributed by atoms with Gasteiger partial charge in [0.05, 0.1) is 17.8 Å². The van der Waals surface area contributed by atoms with Crippen molar-refractivity contribution in [2.24, 2.45) is 0 Å². The summed E-state index contributed by atoms with van der Waals surface area (Å²) in [4.78, 5) is 20.5. The van der Waals surface area contributed by atoms with Crippen molar-refractivity contribution in [3.05, 3.63) is 70.9 Å². The van der Waals surface area contributed by atoms with Gasteiger partial charge in [0.25, 0.3) is 0 Å². The first kappa shape index (κ1) is 23.7. The minimum atomic E-state index is -4.67. The second kappa shape index (κ2) is 9.07. The van der Waals surface area contributed by atoms with Crippen molar-refractivity contribution in [3.8, 4) is 11.6 Å². The maximum Gasteiger partial charge on any atom is 0.421 e. The molecule has 1 unspecified atom stereocenters. The van der Waals surface area contributed by atoms with Crippen LogP contribution in [0, 0.1) is 12.7 Å². The molecule has 0 bridgehead atoms. The number of nitrogens with one attached hydrogen (secondary N) is 2. The number of urea groups is 1. The quantitative estimate of drug-likeness (QED) is 0.411. The fourth-order valence-corrected chi connectivity index (χ4v) is 3.48. The lowest BCUT2D eigenvalue weighted by atomic mass is 9.85. The van der Waals surface area contributed by atoms with Gasteiger partial charge in [-0.15, -0.1) is 0 Å². The van der Waals surface area contributed by atoms with Crippen molar-refractivity contribution >= 4 is 29.0 Å². The first-order valence-corrected chi connectivity index (χ1v) is 10.3. The SMILES string of the molecule is Cc1ncc(NC(=O)Nc2ccc(Cl)c(F)c2)c(Oc2ccccc2C2(C(F)(F)F)CCO2)n1. The van der Waals surface area contributed by atoms with Crippen LogP contribution in [0.2, 0.25) is 5.02 Å². The zero-order valence-corrected chi connectivity index (χ0v) is 18.3. The van der Waals surface area contributed by atoms with Gasteiger partial charge in [0, 0.05) is 17.7 Å². The van der Waals surface area contributed by atoms with Crippen LogP contribution in [-0.4, -0.2) is 28.8 Å². The number of anilines is 2. The van der Waals surface area contributed by atoms with Gasteiger partial charge >= 0.3 is 12.2 Å². The summed E-state index contributed by atoms with van der Waals surface area (Å²) >= 11 is 5.63. The van der Waals surface area contributed by atoms with Gasteiger partial charge in [-0.3, -0.25) is 0 Å². The van der Waals surface area contributed by atoms with Crippen LogP contribution in [0.1, 0.15) is 17.8 Å². The van der Waals surface area contributed by atoms with Crippen LogP contribution in [0.15, 0.2) is 48.7 Å². The van der Waals surface area contributed by atoms with Crippen LogP contribution in [0.4, 0.5) is 33.7 Å². The Labute approximate surface area is 196 Å². The number of ether oxygens (including phenoxy) is 2. The Morgan fingerprint density at radius 1 is 1.21 bits per heavy atom. The number of aryl methyl sites for hydroxylation is 1. The van der Waals surface area contributed by atoms with Crippen molar-refractivity contribution in [2.75, 3.05) is 17.2 Å². The monoisotopic (exact) mass is 496 g/mol. The Morgan fingerprint density at radius 2 is 1.94 bits per heavy atom. The van der Waals surface area contributed by atoms with Gasteiger partial charge in [0.1, 0.15) is 23.1 Å². The Kier molecular flexibility index (Phi) is 6.32. The number of hydrogen-bond donors (Lipinski definition) is 2. The van der Waals surface area contributed by atoms with E-state index >= 15 is 0 Å². The van der Waals surface area contributed by atoms with E-state index in [1.807, 2.05) is 0 Å². The van der Waals surface area contributed by atoms with Crippen LogP contribution in [0.3, 0.4) is 0 Å². The van der Waals surface area contributed by atoms with Crippen molar-refractivity contribution in [3.63, 3.8) is 0 Å². The van der Waals surface area contributed by atoms with E-state index in [1.54, 1.807) is 6.92 Å². The van der Waals surface area contributed by atoms with Crippen LogP contribution < -0.4 is 15.4 Å². The molecule has 1 saturated heterocycles. The van der Waals surface area contributed by atoms with E-state index < -0.39 is 23.6 Å². The highest BCUT2D eigenvalue weighted by molar-refractivity contribution is 6.30. The Bertz CT molecular complexity index is 1240. The third-order valence-corrected chi connectivity index (χ3v) is 5.40. The maximum atomic E-state index is 13.8. The number of benzene rings is 2. The Morgan fingerprint density at radius 3 is 2.59 bits per heavy atom. The standard InChI is InChI=1S/C22H17ClF4N4O3/c1-12-28-11-17(31-20(32)30-13-6-7-15(23)16(24)10-13)19(29-12)34-18-5-3-2-4-14(18)21(8-9-33-21)22(25,26)27/h2-7,10-11H,8-9H2,1H3,(H2,30,31,32). The van der Waals surface area contributed by atoms with Crippen molar-refractivity contribution < 1.29 is 31.8 Å². The molecule has 0 spiro atoms. The summed E-state index contributed by atoms with van der Waals surface area (Å²) in [6, 6.07) is 8.46. The lowest BCUT2D eigenvalue weighted by molar-refractivity contribution is -0.333. The topological polar surface area (TPSA) is 85.4 Å². The molecule has 2 amide bonds. The zero-order valence-electron chi connectivity index (χ0n) is 17.5. The summed E-state index contributed by atoms with van der Waals surface area (Å²) in [7, 11) is 0. The number of alkyl halides is 3. The predicted octanol–water partition coefficient (Wildman–Crippen LogP) is 6.19. The molecule has 1 aliphatic rings.